The van der Waals surface area contributed by atoms with Crippen molar-refractivity contribution in [2.24, 2.45) is 0 Å². The minimum atomic E-state index is -0.289. The number of ether oxygens (including phenoxy) is 2. The van der Waals surface area contributed by atoms with Gasteiger partial charge in [0.05, 0.1) is 25.3 Å². The van der Waals surface area contributed by atoms with E-state index in [-0.39, 0.29) is 18.5 Å². The Labute approximate surface area is 204 Å². The molecule has 0 atom stereocenters. The van der Waals surface area contributed by atoms with Crippen molar-refractivity contribution in [2.75, 3.05) is 30.7 Å². The first kappa shape index (κ1) is 23.6. The summed E-state index contributed by atoms with van der Waals surface area (Å²) in [5.74, 6) is 0.339. The molecule has 2 amide bonds. The van der Waals surface area contributed by atoms with Crippen LogP contribution < -0.4 is 19.3 Å². The Bertz CT molecular complexity index is 1190. The summed E-state index contributed by atoms with van der Waals surface area (Å²) in [6.45, 7) is -0.0260. The third kappa shape index (κ3) is 5.17. The Hall–Kier alpha value is -4.58. The lowest BCUT2D eigenvalue weighted by Gasteiger charge is -2.31. The number of rotatable bonds is 8. The molecule has 176 valence electrons. The first-order valence-electron chi connectivity index (χ1n) is 11.1. The molecular formula is C29H26N2O4. The fourth-order valence-electron chi connectivity index (χ4n) is 3.82. The molecule has 4 aromatic rings. The second kappa shape index (κ2) is 11.0. The van der Waals surface area contributed by atoms with Gasteiger partial charge in [0, 0.05) is 11.4 Å². The maximum Gasteiger partial charge on any atom is 0.263 e. The summed E-state index contributed by atoms with van der Waals surface area (Å²) in [5.41, 5.74) is 2.10. The van der Waals surface area contributed by atoms with Crippen LogP contribution in [0, 0.1) is 0 Å². The van der Waals surface area contributed by atoms with Gasteiger partial charge in [0.25, 0.3) is 11.8 Å². The smallest absolute Gasteiger partial charge is 0.263 e. The molecule has 0 radical (unpaired) electrons. The Morgan fingerprint density at radius 2 is 0.886 bits per heavy atom. The van der Waals surface area contributed by atoms with Gasteiger partial charge in [0.1, 0.15) is 18.2 Å². The summed E-state index contributed by atoms with van der Waals surface area (Å²) in [5, 5.41) is 0. The molecule has 0 aromatic heterocycles. The predicted molar refractivity (Wildman–Crippen MR) is 137 cm³/mol. The zero-order valence-electron chi connectivity index (χ0n) is 19.6. The number of hydrogen-bond donors (Lipinski definition) is 0. The maximum absolute atomic E-state index is 13.9. The predicted octanol–water partition coefficient (Wildman–Crippen LogP) is 5.66. The molecule has 6 nitrogen and oxygen atoms in total. The molecule has 0 N–H and O–H groups in total. The van der Waals surface area contributed by atoms with Gasteiger partial charge in [-0.15, -0.1) is 0 Å². The summed E-state index contributed by atoms with van der Waals surface area (Å²) >= 11 is 0. The third-order valence-electron chi connectivity index (χ3n) is 5.58. The maximum atomic E-state index is 13.9. The molecule has 0 aliphatic heterocycles. The molecular weight excluding hydrogens is 440 g/mol. The van der Waals surface area contributed by atoms with Crippen LogP contribution in [0.2, 0.25) is 0 Å². The van der Waals surface area contributed by atoms with E-state index in [1.165, 1.54) is 14.2 Å². The second-order valence-corrected chi connectivity index (χ2v) is 7.68. The molecule has 0 spiro atoms. The van der Waals surface area contributed by atoms with Crippen LogP contribution in [0.4, 0.5) is 11.4 Å². The van der Waals surface area contributed by atoms with E-state index < -0.39 is 0 Å². The molecule has 0 aliphatic rings. The van der Waals surface area contributed by atoms with Gasteiger partial charge in [-0.25, -0.2) is 0 Å². The van der Waals surface area contributed by atoms with Crippen LogP contribution >= 0.6 is 0 Å². The topological polar surface area (TPSA) is 59.1 Å². The van der Waals surface area contributed by atoms with Crippen molar-refractivity contribution in [3.8, 4) is 11.5 Å². The van der Waals surface area contributed by atoms with Crippen LogP contribution in [0.3, 0.4) is 0 Å². The summed E-state index contributed by atoms with van der Waals surface area (Å²) in [4.78, 5) is 30.8. The summed E-state index contributed by atoms with van der Waals surface area (Å²) in [6.07, 6.45) is 0. The molecule has 0 heterocycles. The third-order valence-corrected chi connectivity index (χ3v) is 5.58. The van der Waals surface area contributed by atoms with E-state index in [4.69, 9.17) is 9.47 Å². The van der Waals surface area contributed by atoms with Gasteiger partial charge in [-0.05, 0) is 48.5 Å². The van der Waals surface area contributed by atoms with Crippen LogP contribution in [0.25, 0.3) is 0 Å². The van der Waals surface area contributed by atoms with E-state index in [1.54, 1.807) is 46.2 Å². The summed E-state index contributed by atoms with van der Waals surface area (Å²) in [7, 11) is 3.06. The lowest BCUT2D eigenvalue weighted by Crippen LogP contribution is -2.45. The van der Waals surface area contributed by atoms with Crippen molar-refractivity contribution in [3.05, 3.63) is 120 Å². The largest absolute Gasteiger partial charge is 0.496 e. The number of hydrogen-bond acceptors (Lipinski definition) is 4. The molecule has 0 aliphatic carbocycles. The number of methoxy groups -OCH3 is 2. The van der Waals surface area contributed by atoms with Crippen molar-refractivity contribution >= 4 is 23.2 Å². The molecule has 4 rings (SSSR count). The van der Waals surface area contributed by atoms with Gasteiger partial charge in [0.15, 0.2) is 0 Å². The minimum absolute atomic E-state index is 0.0260. The highest BCUT2D eigenvalue weighted by atomic mass is 16.5. The molecule has 35 heavy (non-hydrogen) atoms. The van der Waals surface area contributed by atoms with Crippen molar-refractivity contribution in [3.63, 3.8) is 0 Å². The molecule has 0 fully saturated rings. The van der Waals surface area contributed by atoms with Crippen LogP contribution in [0.5, 0.6) is 11.5 Å². The summed E-state index contributed by atoms with van der Waals surface area (Å²) in [6, 6.07) is 32.6. The number of carbonyl (C=O) groups is 2. The zero-order valence-corrected chi connectivity index (χ0v) is 19.6. The SMILES string of the molecule is COc1ccccc1C(=O)N(CN(C(=O)c1ccccc1OC)c1ccccc1)c1ccccc1. The first-order chi connectivity index (χ1) is 17.1. The van der Waals surface area contributed by atoms with Gasteiger partial charge >= 0.3 is 0 Å². The Morgan fingerprint density at radius 3 is 1.26 bits per heavy atom. The van der Waals surface area contributed by atoms with Crippen molar-refractivity contribution in [1.29, 1.82) is 0 Å². The van der Waals surface area contributed by atoms with Gasteiger partial charge in [-0.1, -0.05) is 60.7 Å². The van der Waals surface area contributed by atoms with E-state index in [9.17, 15) is 9.59 Å². The van der Waals surface area contributed by atoms with Crippen LogP contribution in [-0.2, 0) is 0 Å². The molecule has 0 bridgehead atoms. The van der Waals surface area contributed by atoms with Crippen molar-refractivity contribution in [1.82, 2.24) is 0 Å². The van der Waals surface area contributed by atoms with Gasteiger partial charge in [-0.2, -0.15) is 0 Å². The van der Waals surface area contributed by atoms with E-state index in [2.05, 4.69) is 0 Å². The average Bonchev–Trinajstić information content (AvgIpc) is 2.94. The Morgan fingerprint density at radius 1 is 0.543 bits per heavy atom. The zero-order chi connectivity index (χ0) is 24.6. The number of benzene rings is 4. The minimum Gasteiger partial charge on any atom is -0.496 e. The molecule has 0 saturated heterocycles. The van der Waals surface area contributed by atoms with Gasteiger partial charge in [-0.3, -0.25) is 19.4 Å². The fraction of sp³-hybridized carbons (Fsp3) is 0.103. The van der Waals surface area contributed by atoms with E-state index in [0.29, 0.717) is 34.0 Å². The van der Waals surface area contributed by atoms with Crippen LogP contribution in [0.15, 0.2) is 109 Å². The highest BCUT2D eigenvalue weighted by Gasteiger charge is 2.28. The molecule has 0 unspecified atom stereocenters. The van der Waals surface area contributed by atoms with E-state index >= 15 is 0 Å². The van der Waals surface area contributed by atoms with E-state index in [1.807, 2.05) is 72.8 Å². The normalized spacial score (nSPS) is 10.3. The number of nitrogens with zero attached hydrogens (tertiary/aromatic N) is 2. The number of para-hydroxylation sites is 4. The van der Waals surface area contributed by atoms with Crippen molar-refractivity contribution < 1.29 is 19.1 Å². The van der Waals surface area contributed by atoms with Crippen LogP contribution in [0.1, 0.15) is 20.7 Å². The van der Waals surface area contributed by atoms with E-state index in [0.717, 1.165) is 0 Å². The lowest BCUT2D eigenvalue weighted by atomic mass is 10.1. The number of carbonyl (C=O) groups excluding carboxylic acids is 2. The van der Waals surface area contributed by atoms with Crippen molar-refractivity contribution in [2.45, 2.75) is 0 Å². The summed E-state index contributed by atoms with van der Waals surface area (Å²) < 4.78 is 10.9. The van der Waals surface area contributed by atoms with Gasteiger partial charge in [0.2, 0.25) is 0 Å². The van der Waals surface area contributed by atoms with Crippen LogP contribution in [-0.4, -0.2) is 32.7 Å². The standard InChI is InChI=1S/C29H26N2O4/c1-34-26-19-11-9-17-24(26)28(32)30(22-13-5-3-6-14-22)21-31(23-15-7-4-8-16-23)29(33)25-18-10-12-20-27(25)35-2/h3-20H,21H2,1-2H3. The Balaban J connectivity index is 1.81. The Kier molecular flexibility index (Phi) is 7.43. The number of amides is 2. The number of anilines is 2. The average molecular weight is 467 g/mol. The lowest BCUT2D eigenvalue weighted by molar-refractivity contribution is 0.0966. The highest BCUT2D eigenvalue weighted by Crippen LogP contribution is 2.27. The quantitative estimate of drug-likeness (QED) is 0.315. The monoisotopic (exact) mass is 466 g/mol. The highest BCUT2D eigenvalue weighted by molar-refractivity contribution is 6.11. The fourth-order valence-corrected chi connectivity index (χ4v) is 3.82. The second-order valence-electron chi connectivity index (χ2n) is 7.68. The first-order valence-corrected chi connectivity index (χ1v) is 11.1. The molecule has 4 aromatic carbocycles. The van der Waals surface area contributed by atoms with Gasteiger partial charge < -0.3 is 9.47 Å². The molecule has 6 heteroatoms. The molecule has 0 saturated carbocycles.